The van der Waals surface area contributed by atoms with Gasteiger partial charge >= 0.3 is 12.2 Å². The first kappa shape index (κ1) is 23.9. The minimum Gasteiger partial charge on any atom is -0.443 e. The van der Waals surface area contributed by atoms with Gasteiger partial charge in [0.15, 0.2) is 5.17 Å². The van der Waals surface area contributed by atoms with Gasteiger partial charge in [0.1, 0.15) is 16.7 Å². The molecular weight excluding hydrogens is 438 g/mol. The van der Waals surface area contributed by atoms with Gasteiger partial charge in [0.25, 0.3) is 0 Å². The van der Waals surface area contributed by atoms with E-state index in [1.54, 1.807) is 41.5 Å². The number of carbonyl (C=O) groups is 2. The van der Waals surface area contributed by atoms with Crippen molar-refractivity contribution >= 4 is 46.1 Å². The highest BCUT2D eigenvalue weighted by Gasteiger charge is 2.54. The Morgan fingerprint density at radius 2 is 1.77 bits per heavy atom. The predicted molar refractivity (Wildman–Crippen MR) is 124 cm³/mol. The number of anilines is 1. The fourth-order valence-electron chi connectivity index (χ4n) is 3.47. The Balaban J connectivity index is 2.06. The fraction of sp³-hybridized carbons (Fsp3) is 0.667. The molecule has 3 atom stereocenters. The summed E-state index contributed by atoms with van der Waals surface area (Å²) in [5.74, 6) is 0.707. The van der Waals surface area contributed by atoms with Crippen molar-refractivity contribution < 1.29 is 23.8 Å². The van der Waals surface area contributed by atoms with Crippen LogP contribution in [0, 0.1) is 5.92 Å². The van der Waals surface area contributed by atoms with E-state index in [9.17, 15) is 9.59 Å². The number of ether oxygens (including phenoxy) is 3. The zero-order valence-electron chi connectivity index (χ0n) is 19.1. The van der Waals surface area contributed by atoms with E-state index in [4.69, 9.17) is 24.9 Å². The van der Waals surface area contributed by atoms with Crippen molar-refractivity contribution in [3.63, 3.8) is 0 Å². The number of hydrogen-bond acceptors (Lipinski definition) is 9. The van der Waals surface area contributed by atoms with E-state index in [1.165, 1.54) is 23.1 Å². The van der Waals surface area contributed by atoms with E-state index in [0.29, 0.717) is 18.0 Å². The van der Waals surface area contributed by atoms with Gasteiger partial charge in [-0.2, -0.15) is 4.90 Å². The molecule has 2 aliphatic rings. The molecular formula is C21H31N3O5S2. The molecule has 1 aromatic heterocycles. The Labute approximate surface area is 191 Å². The van der Waals surface area contributed by atoms with Gasteiger partial charge in [-0.15, -0.1) is 11.3 Å². The molecule has 31 heavy (non-hydrogen) atoms. The molecule has 0 aromatic carbocycles. The number of carbonyl (C=O) groups excluding carboxylic acids is 2. The number of nitrogen functional groups attached to an aromatic ring is 1. The monoisotopic (exact) mass is 469 g/mol. The lowest BCUT2D eigenvalue weighted by atomic mass is 9.84. The Bertz CT molecular complexity index is 858. The highest BCUT2D eigenvalue weighted by atomic mass is 32.2. The standard InChI is InChI=1S/C21H31N3O5S2/c1-12-14-10-31-16(23-21(14,11-27-12)15-8-13(22)9-30-15)24(17(25)28-19(2,3)4)18(26)29-20(5,6)7/h8-9,12,14H,10-11,22H2,1-7H3. The van der Waals surface area contributed by atoms with Gasteiger partial charge in [-0.3, -0.25) is 0 Å². The normalized spacial score (nSPS) is 26.1. The Hall–Kier alpha value is -1.78. The SMILES string of the molecule is CC1OCC2(c3cc(N)cs3)N=C(N(C(=O)OC(C)(C)C)C(=O)OC(C)(C)C)SCC12. The maximum Gasteiger partial charge on any atom is 0.426 e. The first-order chi connectivity index (χ1) is 14.2. The quantitative estimate of drug-likeness (QED) is 0.628. The number of nitrogens with two attached hydrogens (primary N) is 1. The summed E-state index contributed by atoms with van der Waals surface area (Å²) in [6.45, 7) is 12.8. The third kappa shape index (κ3) is 5.18. The van der Waals surface area contributed by atoms with Gasteiger partial charge in [-0.05, 0) is 54.5 Å². The van der Waals surface area contributed by atoms with Crippen molar-refractivity contribution in [2.75, 3.05) is 18.1 Å². The van der Waals surface area contributed by atoms with Crippen LogP contribution in [-0.2, 0) is 19.7 Å². The van der Waals surface area contributed by atoms with Gasteiger partial charge in [0, 0.05) is 27.6 Å². The number of thioether (sulfide) groups is 1. The van der Waals surface area contributed by atoms with Crippen molar-refractivity contribution in [3.8, 4) is 0 Å². The average Bonchev–Trinajstić information content (AvgIpc) is 3.16. The fourth-order valence-corrected chi connectivity index (χ4v) is 5.85. The number of amides is 2. The van der Waals surface area contributed by atoms with Gasteiger partial charge in [0.05, 0.1) is 12.7 Å². The second-order valence-corrected chi connectivity index (χ2v) is 11.7. The molecule has 1 aromatic rings. The largest absolute Gasteiger partial charge is 0.443 e. The summed E-state index contributed by atoms with van der Waals surface area (Å²) in [6, 6.07) is 1.89. The van der Waals surface area contributed by atoms with Gasteiger partial charge in [-0.25, -0.2) is 14.6 Å². The zero-order valence-corrected chi connectivity index (χ0v) is 20.7. The lowest BCUT2D eigenvalue weighted by Gasteiger charge is -2.37. The van der Waals surface area contributed by atoms with Crippen LogP contribution in [0.15, 0.2) is 16.4 Å². The molecule has 8 nitrogen and oxygen atoms in total. The minimum absolute atomic E-state index is 0.0161. The van der Waals surface area contributed by atoms with Crippen molar-refractivity contribution in [1.29, 1.82) is 0 Å². The molecule has 0 radical (unpaired) electrons. The van der Waals surface area contributed by atoms with Crippen LogP contribution in [0.2, 0.25) is 0 Å². The van der Waals surface area contributed by atoms with E-state index in [2.05, 4.69) is 0 Å². The van der Waals surface area contributed by atoms with E-state index in [0.717, 1.165) is 9.78 Å². The van der Waals surface area contributed by atoms with Crippen LogP contribution in [0.5, 0.6) is 0 Å². The number of hydrogen-bond donors (Lipinski definition) is 1. The first-order valence-electron chi connectivity index (χ1n) is 10.2. The number of rotatable bonds is 1. The van der Waals surface area contributed by atoms with Gasteiger partial charge in [-0.1, -0.05) is 11.8 Å². The maximum absolute atomic E-state index is 13.0. The lowest BCUT2D eigenvalue weighted by Crippen LogP contribution is -2.49. The van der Waals surface area contributed by atoms with Crippen LogP contribution in [0.1, 0.15) is 53.3 Å². The van der Waals surface area contributed by atoms with E-state index >= 15 is 0 Å². The van der Waals surface area contributed by atoms with Crippen LogP contribution in [-0.4, -0.2) is 51.9 Å². The molecule has 172 valence electrons. The van der Waals surface area contributed by atoms with Crippen LogP contribution < -0.4 is 5.73 Å². The first-order valence-corrected chi connectivity index (χ1v) is 12.0. The predicted octanol–water partition coefficient (Wildman–Crippen LogP) is 4.84. The summed E-state index contributed by atoms with van der Waals surface area (Å²) < 4.78 is 17.0. The maximum atomic E-state index is 13.0. The Kier molecular flexibility index (Phi) is 6.38. The third-order valence-corrected chi connectivity index (χ3v) is 7.00. The smallest absolute Gasteiger partial charge is 0.426 e. The Morgan fingerprint density at radius 3 is 2.26 bits per heavy atom. The van der Waals surface area contributed by atoms with E-state index in [-0.39, 0.29) is 17.2 Å². The van der Waals surface area contributed by atoms with Crippen LogP contribution in [0.25, 0.3) is 0 Å². The number of thiophene rings is 1. The molecule has 0 spiro atoms. The lowest BCUT2D eigenvalue weighted by molar-refractivity contribution is 0.0150. The molecule has 2 N–H and O–H groups in total. The summed E-state index contributed by atoms with van der Waals surface area (Å²) in [5, 5.41) is 2.10. The van der Waals surface area contributed by atoms with Crippen molar-refractivity contribution in [2.24, 2.45) is 10.9 Å². The van der Waals surface area contributed by atoms with Crippen LogP contribution in [0.4, 0.5) is 15.3 Å². The molecule has 2 amide bonds. The average molecular weight is 470 g/mol. The number of fused-ring (bicyclic) bond motifs is 1. The molecule has 3 heterocycles. The Morgan fingerprint density at radius 1 is 1.19 bits per heavy atom. The molecule has 3 rings (SSSR count). The van der Waals surface area contributed by atoms with Crippen molar-refractivity contribution in [1.82, 2.24) is 4.90 Å². The number of imide groups is 1. The van der Waals surface area contributed by atoms with Gasteiger partial charge < -0.3 is 19.9 Å². The second kappa shape index (κ2) is 8.29. The number of aliphatic imine (C=N–C) groups is 1. The molecule has 10 heteroatoms. The van der Waals surface area contributed by atoms with E-state index in [1.807, 2.05) is 18.4 Å². The summed E-state index contributed by atoms with van der Waals surface area (Å²) in [4.78, 5) is 32.9. The second-order valence-electron chi connectivity index (χ2n) is 9.79. The van der Waals surface area contributed by atoms with Gasteiger partial charge in [0.2, 0.25) is 0 Å². The number of amidine groups is 1. The summed E-state index contributed by atoms with van der Waals surface area (Å²) in [7, 11) is 0. The highest BCUT2D eigenvalue weighted by Crippen LogP contribution is 2.50. The molecule has 1 fully saturated rings. The summed E-state index contributed by atoms with van der Waals surface area (Å²) in [5.41, 5.74) is 4.35. The molecule has 0 aliphatic carbocycles. The topological polar surface area (TPSA) is 103 Å². The van der Waals surface area contributed by atoms with Crippen LogP contribution in [0.3, 0.4) is 0 Å². The van der Waals surface area contributed by atoms with E-state index < -0.39 is 28.9 Å². The van der Waals surface area contributed by atoms with Crippen LogP contribution >= 0.6 is 23.1 Å². The molecule has 3 unspecified atom stereocenters. The number of nitrogens with zero attached hydrogens (tertiary/aromatic N) is 2. The summed E-state index contributed by atoms with van der Waals surface area (Å²) >= 11 is 2.83. The highest BCUT2D eigenvalue weighted by molar-refractivity contribution is 8.13. The summed E-state index contributed by atoms with van der Waals surface area (Å²) in [6.07, 6.45) is -1.66. The molecule has 1 saturated heterocycles. The zero-order chi connectivity index (χ0) is 23.2. The van der Waals surface area contributed by atoms with Crippen molar-refractivity contribution in [2.45, 2.75) is 71.3 Å². The molecule has 0 bridgehead atoms. The minimum atomic E-state index is -0.820. The molecule has 0 saturated carbocycles. The third-order valence-electron chi connectivity index (χ3n) is 4.82. The molecule has 2 aliphatic heterocycles. The van der Waals surface area contributed by atoms with Crippen molar-refractivity contribution in [3.05, 3.63) is 16.3 Å².